The van der Waals surface area contributed by atoms with Gasteiger partial charge in [-0.15, -0.1) is 0 Å². The van der Waals surface area contributed by atoms with Crippen molar-refractivity contribution in [2.75, 3.05) is 23.8 Å². The third-order valence-electron chi connectivity index (χ3n) is 5.06. The van der Waals surface area contributed by atoms with Gasteiger partial charge in [0.25, 0.3) is 0 Å². The molecule has 0 aliphatic carbocycles. The summed E-state index contributed by atoms with van der Waals surface area (Å²) in [5.41, 5.74) is 3.32. The first kappa shape index (κ1) is 22.1. The first-order valence-corrected chi connectivity index (χ1v) is 10.9. The van der Waals surface area contributed by atoms with E-state index in [1.54, 1.807) is 18.2 Å². The van der Waals surface area contributed by atoms with Crippen LogP contribution in [0, 0.1) is 0 Å². The summed E-state index contributed by atoms with van der Waals surface area (Å²) in [6, 6.07) is 18.9. The summed E-state index contributed by atoms with van der Waals surface area (Å²) in [5.74, 6) is -0.784. The summed E-state index contributed by atoms with van der Waals surface area (Å²) in [6.07, 6.45) is 0. The van der Waals surface area contributed by atoms with Crippen molar-refractivity contribution in [1.29, 1.82) is 0 Å². The van der Waals surface area contributed by atoms with Crippen LogP contribution in [0.4, 0.5) is 11.4 Å². The molecule has 0 unspecified atom stereocenters. The van der Waals surface area contributed by atoms with E-state index in [2.05, 4.69) is 34.3 Å². The van der Waals surface area contributed by atoms with Crippen molar-refractivity contribution in [3.8, 4) is 0 Å². The maximum Gasteiger partial charge on any atom is 0.250 e. The highest BCUT2D eigenvalue weighted by Gasteiger charge is 2.12. The molecule has 0 saturated carbocycles. The van der Waals surface area contributed by atoms with Crippen molar-refractivity contribution in [2.24, 2.45) is 0 Å². The number of rotatable bonds is 7. The lowest BCUT2D eigenvalue weighted by Crippen LogP contribution is -2.24. The number of ether oxygens (including phenoxy) is 1. The van der Waals surface area contributed by atoms with Gasteiger partial charge in [0.1, 0.15) is 13.2 Å². The number of carbonyl (C=O) groups is 2. The molecule has 1 heterocycles. The van der Waals surface area contributed by atoms with Crippen molar-refractivity contribution >= 4 is 68.2 Å². The van der Waals surface area contributed by atoms with E-state index >= 15 is 0 Å². The van der Waals surface area contributed by atoms with E-state index in [0.29, 0.717) is 16.4 Å². The minimum Gasteiger partial charge on any atom is -0.362 e. The second kappa shape index (κ2) is 9.61. The minimum absolute atomic E-state index is 0.250. The first-order valence-electron chi connectivity index (χ1n) is 10.1. The second-order valence-electron chi connectivity index (χ2n) is 7.18. The molecule has 2 amide bonds. The van der Waals surface area contributed by atoms with E-state index in [9.17, 15) is 9.59 Å². The van der Waals surface area contributed by atoms with Crippen molar-refractivity contribution in [1.82, 2.24) is 4.57 Å². The van der Waals surface area contributed by atoms with Gasteiger partial charge >= 0.3 is 0 Å². The third-order valence-corrected chi connectivity index (χ3v) is 5.88. The van der Waals surface area contributed by atoms with E-state index in [1.807, 2.05) is 30.3 Å². The molecule has 0 fully saturated rings. The van der Waals surface area contributed by atoms with Crippen molar-refractivity contribution in [3.63, 3.8) is 0 Å². The number of carbonyl (C=O) groups excluding carboxylic acids is 2. The van der Waals surface area contributed by atoms with Crippen LogP contribution in [-0.4, -0.2) is 29.6 Å². The number of nitrogens with one attached hydrogen (secondary N) is 2. The van der Waals surface area contributed by atoms with Crippen LogP contribution in [-0.2, 0) is 20.9 Å². The zero-order valence-electron chi connectivity index (χ0n) is 17.3. The highest BCUT2D eigenvalue weighted by Crippen LogP contribution is 2.31. The number of benzene rings is 3. The number of halogens is 2. The minimum atomic E-state index is -0.434. The molecule has 0 atom stereocenters. The molecular weight excluding hydrogens is 449 g/mol. The molecule has 3 aromatic carbocycles. The summed E-state index contributed by atoms with van der Waals surface area (Å²) < 4.78 is 7.49. The Hall–Kier alpha value is -3.06. The van der Waals surface area contributed by atoms with Gasteiger partial charge in [0.05, 0.1) is 15.7 Å². The SMILES string of the molecule is CCn1c2ccccc2c2cc(NC(=O)COCC(=O)Nc3cccc(Cl)c3Cl)ccc21. The Labute approximate surface area is 195 Å². The fraction of sp³-hybridized carbons (Fsp3) is 0.167. The molecule has 164 valence electrons. The Morgan fingerprint density at radius 3 is 2.38 bits per heavy atom. The van der Waals surface area contributed by atoms with Gasteiger partial charge in [-0.05, 0) is 43.3 Å². The maximum atomic E-state index is 12.3. The molecule has 2 N–H and O–H groups in total. The fourth-order valence-corrected chi connectivity index (χ4v) is 4.04. The molecule has 6 nitrogen and oxygen atoms in total. The molecular formula is C24H21Cl2N3O3. The van der Waals surface area contributed by atoms with E-state index in [1.165, 1.54) is 0 Å². The van der Waals surface area contributed by atoms with Gasteiger partial charge in [-0.1, -0.05) is 47.5 Å². The molecule has 4 aromatic rings. The number of hydrogen-bond donors (Lipinski definition) is 2. The number of nitrogens with zero attached hydrogens (tertiary/aromatic N) is 1. The lowest BCUT2D eigenvalue weighted by Gasteiger charge is -2.09. The van der Waals surface area contributed by atoms with Crippen LogP contribution in [0.2, 0.25) is 10.0 Å². The summed E-state index contributed by atoms with van der Waals surface area (Å²) in [7, 11) is 0. The maximum absolute atomic E-state index is 12.3. The molecule has 8 heteroatoms. The lowest BCUT2D eigenvalue weighted by molar-refractivity contribution is -0.125. The van der Waals surface area contributed by atoms with Gasteiger partial charge < -0.3 is 19.9 Å². The molecule has 32 heavy (non-hydrogen) atoms. The predicted octanol–water partition coefficient (Wildman–Crippen LogP) is 5.72. The Balaban J connectivity index is 1.36. The van der Waals surface area contributed by atoms with Crippen LogP contribution < -0.4 is 10.6 Å². The zero-order valence-corrected chi connectivity index (χ0v) is 18.8. The highest BCUT2D eigenvalue weighted by atomic mass is 35.5. The topological polar surface area (TPSA) is 72.4 Å². The number of aromatic nitrogens is 1. The lowest BCUT2D eigenvalue weighted by atomic mass is 10.1. The van der Waals surface area contributed by atoms with Gasteiger partial charge in [-0.3, -0.25) is 9.59 Å². The molecule has 0 radical (unpaired) electrons. The average molecular weight is 470 g/mol. The Morgan fingerprint density at radius 2 is 1.59 bits per heavy atom. The van der Waals surface area contributed by atoms with Crippen molar-refractivity contribution in [2.45, 2.75) is 13.5 Å². The van der Waals surface area contributed by atoms with E-state index in [-0.39, 0.29) is 24.1 Å². The monoisotopic (exact) mass is 469 g/mol. The Morgan fingerprint density at radius 1 is 0.875 bits per heavy atom. The Bertz CT molecular complexity index is 1320. The number of hydrogen-bond acceptors (Lipinski definition) is 3. The largest absolute Gasteiger partial charge is 0.362 e. The third kappa shape index (κ3) is 4.58. The van der Waals surface area contributed by atoms with Crippen LogP contribution in [0.15, 0.2) is 60.7 Å². The average Bonchev–Trinajstić information content (AvgIpc) is 3.10. The van der Waals surface area contributed by atoms with Crippen LogP contribution in [0.5, 0.6) is 0 Å². The first-order chi connectivity index (χ1) is 15.5. The van der Waals surface area contributed by atoms with Crippen molar-refractivity contribution < 1.29 is 14.3 Å². The summed E-state index contributed by atoms with van der Waals surface area (Å²) in [5, 5.41) is 8.22. The number of anilines is 2. The highest BCUT2D eigenvalue weighted by molar-refractivity contribution is 6.44. The van der Waals surface area contributed by atoms with Gasteiger partial charge in [-0.25, -0.2) is 0 Å². The predicted molar refractivity (Wildman–Crippen MR) is 130 cm³/mol. The van der Waals surface area contributed by atoms with Crippen molar-refractivity contribution in [3.05, 3.63) is 70.7 Å². The number of para-hydroxylation sites is 1. The molecule has 0 saturated heterocycles. The van der Waals surface area contributed by atoms with Gasteiger partial charge in [0, 0.05) is 34.0 Å². The summed E-state index contributed by atoms with van der Waals surface area (Å²) in [4.78, 5) is 24.3. The smallest absolute Gasteiger partial charge is 0.250 e. The molecule has 0 bridgehead atoms. The van der Waals surface area contributed by atoms with Crippen LogP contribution >= 0.6 is 23.2 Å². The van der Waals surface area contributed by atoms with E-state index < -0.39 is 5.91 Å². The molecule has 0 spiro atoms. The fourth-order valence-electron chi connectivity index (χ4n) is 3.69. The second-order valence-corrected chi connectivity index (χ2v) is 7.97. The molecule has 0 aliphatic rings. The van der Waals surface area contributed by atoms with E-state index in [4.69, 9.17) is 27.9 Å². The summed E-state index contributed by atoms with van der Waals surface area (Å²) >= 11 is 12.0. The standard InChI is InChI=1S/C24H21Cl2N3O3/c1-2-29-20-9-4-3-6-16(20)17-12-15(10-11-21(17)29)27-22(30)13-32-14-23(31)28-19-8-5-7-18(25)24(19)26/h3-12H,2,13-14H2,1H3,(H,27,30)(H,28,31). The molecule has 1 aromatic heterocycles. The quantitative estimate of drug-likeness (QED) is 0.363. The molecule has 4 rings (SSSR count). The van der Waals surface area contributed by atoms with Gasteiger partial charge in [-0.2, -0.15) is 0 Å². The normalized spacial score (nSPS) is 11.1. The van der Waals surface area contributed by atoms with Gasteiger partial charge in [0.2, 0.25) is 11.8 Å². The number of fused-ring (bicyclic) bond motifs is 3. The van der Waals surface area contributed by atoms with Gasteiger partial charge in [0.15, 0.2) is 0 Å². The zero-order chi connectivity index (χ0) is 22.7. The number of aryl methyl sites for hydroxylation is 1. The van der Waals surface area contributed by atoms with E-state index in [0.717, 1.165) is 28.4 Å². The number of amides is 2. The summed E-state index contributed by atoms with van der Waals surface area (Å²) in [6.45, 7) is 2.41. The van der Waals surface area contributed by atoms with Crippen LogP contribution in [0.3, 0.4) is 0 Å². The van der Waals surface area contributed by atoms with Crippen LogP contribution in [0.25, 0.3) is 21.8 Å². The molecule has 0 aliphatic heterocycles. The Kier molecular flexibility index (Phi) is 6.65. The van der Waals surface area contributed by atoms with Crippen LogP contribution in [0.1, 0.15) is 6.92 Å².